The van der Waals surface area contributed by atoms with Crippen LogP contribution in [0.2, 0.25) is 0 Å². The van der Waals surface area contributed by atoms with Crippen molar-refractivity contribution in [2.75, 3.05) is 13.6 Å². The SMILES string of the molecule is CN1C[C@@H](NC(=O)c2ccncc2)C[C@H]1c1nc(Cc2ccccc2)no1. The fourth-order valence-corrected chi connectivity index (χ4v) is 3.42. The van der Waals surface area contributed by atoms with Crippen molar-refractivity contribution in [3.8, 4) is 0 Å². The van der Waals surface area contributed by atoms with Crippen LogP contribution in [0.25, 0.3) is 0 Å². The van der Waals surface area contributed by atoms with E-state index in [9.17, 15) is 4.79 Å². The molecule has 1 aliphatic rings. The summed E-state index contributed by atoms with van der Waals surface area (Å²) in [4.78, 5) is 23.0. The second-order valence-electron chi connectivity index (χ2n) is 6.81. The lowest BCUT2D eigenvalue weighted by atomic mass is 10.1. The van der Waals surface area contributed by atoms with Crippen molar-refractivity contribution in [3.63, 3.8) is 0 Å². The first-order valence-electron chi connectivity index (χ1n) is 8.96. The minimum absolute atomic E-state index is 0.00441. The molecule has 1 saturated heterocycles. The minimum atomic E-state index is -0.0910. The molecule has 1 amide bonds. The van der Waals surface area contributed by atoms with Gasteiger partial charge in [-0.15, -0.1) is 0 Å². The van der Waals surface area contributed by atoms with Crippen LogP contribution < -0.4 is 5.32 Å². The van der Waals surface area contributed by atoms with Crippen molar-refractivity contribution in [1.82, 2.24) is 25.3 Å². The maximum atomic E-state index is 12.3. The van der Waals surface area contributed by atoms with E-state index in [1.165, 1.54) is 0 Å². The highest BCUT2D eigenvalue weighted by atomic mass is 16.5. The zero-order valence-corrected chi connectivity index (χ0v) is 15.1. The van der Waals surface area contributed by atoms with Gasteiger partial charge in [0.25, 0.3) is 5.91 Å². The Labute approximate surface area is 157 Å². The third-order valence-electron chi connectivity index (χ3n) is 4.80. The van der Waals surface area contributed by atoms with E-state index in [1.807, 2.05) is 37.4 Å². The number of likely N-dealkylation sites (N-methyl/N-ethyl adjacent to an activating group) is 1. The molecular weight excluding hydrogens is 342 g/mol. The van der Waals surface area contributed by atoms with Gasteiger partial charge in [-0.05, 0) is 31.2 Å². The topological polar surface area (TPSA) is 84.2 Å². The molecule has 4 rings (SSSR count). The molecule has 138 valence electrons. The lowest BCUT2D eigenvalue weighted by molar-refractivity contribution is 0.0938. The number of aromatic nitrogens is 3. The molecule has 1 fully saturated rings. The predicted octanol–water partition coefficient (Wildman–Crippen LogP) is 2.23. The third-order valence-corrected chi connectivity index (χ3v) is 4.80. The molecule has 27 heavy (non-hydrogen) atoms. The molecule has 0 bridgehead atoms. The number of hydrogen-bond acceptors (Lipinski definition) is 6. The van der Waals surface area contributed by atoms with Gasteiger partial charge in [0.2, 0.25) is 5.89 Å². The van der Waals surface area contributed by atoms with E-state index in [1.54, 1.807) is 24.5 Å². The van der Waals surface area contributed by atoms with Crippen molar-refractivity contribution in [2.24, 2.45) is 0 Å². The smallest absolute Gasteiger partial charge is 0.251 e. The molecule has 2 aromatic heterocycles. The molecule has 0 radical (unpaired) electrons. The van der Waals surface area contributed by atoms with E-state index >= 15 is 0 Å². The number of hydrogen-bond donors (Lipinski definition) is 1. The number of rotatable bonds is 5. The van der Waals surface area contributed by atoms with E-state index in [0.717, 1.165) is 18.5 Å². The number of carbonyl (C=O) groups is 1. The summed E-state index contributed by atoms with van der Waals surface area (Å²) in [7, 11) is 2.00. The number of carbonyl (C=O) groups excluding carboxylic acids is 1. The van der Waals surface area contributed by atoms with Gasteiger partial charge in [0, 0.05) is 37.0 Å². The molecule has 7 nitrogen and oxygen atoms in total. The number of pyridine rings is 1. The minimum Gasteiger partial charge on any atom is -0.348 e. The second kappa shape index (κ2) is 7.67. The lowest BCUT2D eigenvalue weighted by Crippen LogP contribution is -2.36. The van der Waals surface area contributed by atoms with Crippen molar-refractivity contribution < 1.29 is 9.32 Å². The average Bonchev–Trinajstić information content (AvgIpc) is 3.29. The highest BCUT2D eigenvalue weighted by Gasteiger charge is 2.35. The lowest BCUT2D eigenvalue weighted by Gasteiger charge is -2.14. The standard InChI is InChI=1S/C20H21N5O2/c1-25-13-16(22-19(26)15-7-9-21-10-8-15)12-17(25)20-23-18(24-27-20)11-14-5-3-2-4-6-14/h2-10,16-17H,11-13H2,1H3,(H,22,26)/t16-,17-/m0/s1. The Kier molecular flexibility index (Phi) is 4.93. The van der Waals surface area contributed by atoms with Crippen LogP contribution in [0.1, 0.15) is 40.1 Å². The Morgan fingerprint density at radius 2 is 2.00 bits per heavy atom. The zero-order chi connectivity index (χ0) is 18.6. The highest BCUT2D eigenvalue weighted by molar-refractivity contribution is 5.94. The summed E-state index contributed by atoms with van der Waals surface area (Å²) in [6, 6.07) is 13.5. The highest BCUT2D eigenvalue weighted by Crippen LogP contribution is 2.30. The molecule has 3 aromatic rings. The fraction of sp³-hybridized carbons (Fsp3) is 0.300. The average molecular weight is 363 g/mol. The third kappa shape index (κ3) is 4.03. The van der Waals surface area contributed by atoms with Crippen molar-refractivity contribution in [3.05, 3.63) is 77.7 Å². The van der Waals surface area contributed by atoms with Gasteiger partial charge in [-0.25, -0.2) is 0 Å². The van der Waals surface area contributed by atoms with Crippen molar-refractivity contribution in [2.45, 2.75) is 24.9 Å². The van der Waals surface area contributed by atoms with E-state index < -0.39 is 0 Å². The fourth-order valence-electron chi connectivity index (χ4n) is 3.42. The molecule has 2 atom stereocenters. The van der Waals surface area contributed by atoms with Gasteiger partial charge in [0.05, 0.1) is 6.04 Å². The number of benzene rings is 1. The molecule has 1 N–H and O–H groups in total. The normalized spacial score (nSPS) is 19.9. The summed E-state index contributed by atoms with van der Waals surface area (Å²) in [5, 5.41) is 7.19. The summed E-state index contributed by atoms with van der Waals surface area (Å²) in [5.74, 6) is 1.18. The van der Waals surface area contributed by atoms with E-state index in [0.29, 0.717) is 23.7 Å². The van der Waals surface area contributed by atoms with Crippen LogP contribution in [0.15, 0.2) is 59.4 Å². The molecule has 0 aliphatic carbocycles. The Morgan fingerprint density at radius 3 is 2.78 bits per heavy atom. The summed E-state index contributed by atoms with van der Waals surface area (Å²) in [5.41, 5.74) is 1.76. The Balaban J connectivity index is 1.39. The van der Waals surface area contributed by atoms with Gasteiger partial charge in [0.1, 0.15) is 0 Å². The molecule has 7 heteroatoms. The number of nitrogens with zero attached hydrogens (tertiary/aromatic N) is 4. The Bertz CT molecular complexity index is 897. The summed E-state index contributed by atoms with van der Waals surface area (Å²) in [6.07, 6.45) is 4.61. The number of likely N-dealkylation sites (tertiary alicyclic amines) is 1. The monoisotopic (exact) mass is 363 g/mol. The predicted molar refractivity (Wildman–Crippen MR) is 99.0 cm³/mol. The maximum absolute atomic E-state index is 12.3. The largest absolute Gasteiger partial charge is 0.348 e. The Morgan fingerprint density at radius 1 is 1.22 bits per heavy atom. The molecule has 1 aromatic carbocycles. The van der Waals surface area contributed by atoms with Gasteiger partial charge in [-0.2, -0.15) is 4.98 Å². The first-order chi connectivity index (χ1) is 13.2. The Hall–Kier alpha value is -3.06. The van der Waals surface area contributed by atoms with Crippen LogP contribution in [-0.2, 0) is 6.42 Å². The maximum Gasteiger partial charge on any atom is 0.251 e. The first kappa shape index (κ1) is 17.4. The van der Waals surface area contributed by atoms with Crippen LogP contribution in [0.3, 0.4) is 0 Å². The van der Waals surface area contributed by atoms with Gasteiger partial charge in [-0.3, -0.25) is 14.7 Å². The molecular formula is C20H21N5O2. The molecule has 3 heterocycles. The molecule has 0 spiro atoms. The quantitative estimate of drug-likeness (QED) is 0.748. The summed E-state index contributed by atoms with van der Waals surface area (Å²) in [6.45, 7) is 0.734. The van der Waals surface area contributed by atoms with Gasteiger partial charge < -0.3 is 9.84 Å². The summed E-state index contributed by atoms with van der Waals surface area (Å²) >= 11 is 0. The van der Waals surface area contributed by atoms with Gasteiger partial charge in [0.15, 0.2) is 5.82 Å². The van der Waals surface area contributed by atoms with Crippen LogP contribution in [0.5, 0.6) is 0 Å². The van der Waals surface area contributed by atoms with Crippen LogP contribution in [0, 0.1) is 0 Å². The molecule has 0 unspecified atom stereocenters. The number of nitrogens with one attached hydrogen (secondary N) is 1. The molecule has 0 saturated carbocycles. The zero-order valence-electron chi connectivity index (χ0n) is 15.1. The van der Waals surface area contributed by atoms with Gasteiger partial charge >= 0.3 is 0 Å². The molecule has 1 aliphatic heterocycles. The van der Waals surface area contributed by atoms with Crippen LogP contribution in [0.4, 0.5) is 0 Å². The van der Waals surface area contributed by atoms with Gasteiger partial charge in [-0.1, -0.05) is 35.5 Å². The van der Waals surface area contributed by atoms with Crippen molar-refractivity contribution >= 4 is 5.91 Å². The van der Waals surface area contributed by atoms with Crippen LogP contribution >= 0.6 is 0 Å². The van der Waals surface area contributed by atoms with E-state index in [2.05, 4.69) is 25.3 Å². The van der Waals surface area contributed by atoms with E-state index in [4.69, 9.17) is 4.52 Å². The first-order valence-corrected chi connectivity index (χ1v) is 8.96. The second-order valence-corrected chi connectivity index (χ2v) is 6.81. The van der Waals surface area contributed by atoms with Crippen LogP contribution in [-0.4, -0.2) is 45.6 Å². The number of amides is 1. The van der Waals surface area contributed by atoms with E-state index in [-0.39, 0.29) is 18.0 Å². The van der Waals surface area contributed by atoms with Crippen molar-refractivity contribution in [1.29, 1.82) is 0 Å². The summed E-state index contributed by atoms with van der Waals surface area (Å²) < 4.78 is 5.51.